The molecule has 26 heavy (non-hydrogen) atoms. The van der Waals surface area contributed by atoms with Crippen LogP contribution in [0.3, 0.4) is 0 Å². The number of hydrogen-bond donors (Lipinski definition) is 1. The van der Waals surface area contributed by atoms with Crippen LogP contribution in [-0.4, -0.2) is 15.9 Å². The fourth-order valence-corrected chi connectivity index (χ4v) is 2.84. The van der Waals surface area contributed by atoms with Crippen LogP contribution < -0.4 is 0 Å². The van der Waals surface area contributed by atoms with Crippen LogP contribution >= 0.6 is 0 Å². The van der Waals surface area contributed by atoms with Crippen molar-refractivity contribution in [3.05, 3.63) is 78.7 Å². The zero-order valence-corrected chi connectivity index (χ0v) is 16.9. The van der Waals surface area contributed by atoms with Crippen LogP contribution in [0.15, 0.2) is 72.6 Å². The summed E-state index contributed by atoms with van der Waals surface area (Å²) in [5, 5.41) is 14.3. The first-order valence-corrected chi connectivity index (χ1v) is 8.01. The molecule has 0 unspecified atom stereocenters. The van der Waals surface area contributed by atoms with E-state index in [4.69, 9.17) is 5.11 Å². The summed E-state index contributed by atoms with van der Waals surface area (Å²) in [5.41, 5.74) is 1.06. The van der Waals surface area contributed by atoms with Crippen LogP contribution in [0.4, 0.5) is 0 Å². The van der Waals surface area contributed by atoms with Gasteiger partial charge in [-0.25, -0.2) is 0 Å². The van der Waals surface area contributed by atoms with Crippen molar-refractivity contribution in [1.29, 1.82) is 0 Å². The molecule has 0 saturated carbocycles. The summed E-state index contributed by atoms with van der Waals surface area (Å²) in [6.07, 6.45) is 3.02. The first kappa shape index (κ1) is 19.8. The van der Waals surface area contributed by atoms with E-state index in [0.29, 0.717) is 0 Å². The van der Waals surface area contributed by atoms with Crippen molar-refractivity contribution in [2.75, 3.05) is 0 Å². The molecular weight excluding hydrogens is 502 g/mol. The van der Waals surface area contributed by atoms with Gasteiger partial charge in [-0.2, -0.15) is 0 Å². The van der Waals surface area contributed by atoms with Crippen molar-refractivity contribution >= 4 is 38.2 Å². The van der Waals surface area contributed by atoms with Crippen molar-refractivity contribution in [2.24, 2.45) is 0 Å². The van der Waals surface area contributed by atoms with Gasteiger partial charge in [-0.1, -0.05) is 41.1 Å². The summed E-state index contributed by atoms with van der Waals surface area (Å²) in [5.74, 6) is -0.0625. The Kier molecular flexibility index (Phi) is 6.62. The fraction of sp³-hybridized carbons (Fsp3) is 0.0909. The summed E-state index contributed by atoms with van der Waals surface area (Å²) in [4.78, 5) is 14.6. The number of aliphatic hydroxyl groups excluding tert-OH is 1. The smallest absolute Gasteiger partial charge is 0.155 e. The molecule has 0 atom stereocenters. The molecule has 1 aromatic heterocycles. The van der Waals surface area contributed by atoms with Gasteiger partial charge in [0.25, 0.3) is 0 Å². The van der Waals surface area contributed by atoms with Crippen LogP contribution in [0.1, 0.15) is 13.8 Å². The number of carbonyl (C=O) groups is 1. The summed E-state index contributed by atoms with van der Waals surface area (Å²) < 4.78 is 0. The predicted molar refractivity (Wildman–Crippen MR) is 103 cm³/mol. The van der Waals surface area contributed by atoms with E-state index in [-0.39, 0.29) is 31.6 Å². The molecular formula is C22H18IrNO2-. The second-order valence-electron chi connectivity index (χ2n) is 5.84. The number of benzene rings is 3. The van der Waals surface area contributed by atoms with E-state index >= 15 is 0 Å². The Balaban J connectivity index is 0.000000265. The third-order valence-corrected chi connectivity index (χ3v) is 3.80. The topological polar surface area (TPSA) is 50.2 Å². The number of aromatic nitrogens is 1. The standard InChI is InChI=1S/C17H10N.C5H8O2.Ir/c1-2-6-15-12(4-1)7-8-13-9-10-14-5-3-11-18-17(14)16(13)15;1-4(6)3-5(2)7;/h1-5,7-11H;3,6H,1-2H3;/q-1;;/b;4-3-;. The van der Waals surface area contributed by atoms with E-state index in [1.807, 2.05) is 24.4 Å². The minimum atomic E-state index is -0.125. The Labute approximate surface area is 165 Å². The molecule has 0 aliphatic heterocycles. The zero-order chi connectivity index (χ0) is 17.8. The van der Waals surface area contributed by atoms with Gasteiger partial charge in [0.1, 0.15) is 0 Å². The Morgan fingerprint density at radius 3 is 2.31 bits per heavy atom. The minimum Gasteiger partial charge on any atom is -0.512 e. The zero-order valence-electron chi connectivity index (χ0n) is 14.5. The molecule has 133 valence electrons. The van der Waals surface area contributed by atoms with Gasteiger partial charge in [0, 0.05) is 37.9 Å². The number of fused-ring (bicyclic) bond motifs is 5. The number of aliphatic hydroxyl groups is 1. The third-order valence-electron chi connectivity index (χ3n) is 3.80. The molecule has 0 spiro atoms. The van der Waals surface area contributed by atoms with Crippen molar-refractivity contribution < 1.29 is 30.0 Å². The van der Waals surface area contributed by atoms with Gasteiger partial charge in [-0.15, -0.1) is 35.0 Å². The molecule has 0 fully saturated rings. The quantitative estimate of drug-likeness (QED) is 0.159. The first-order valence-electron chi connectivity index (χ1n) is 8.01. The predicted octanol–water partition coefficient (Wildman–Crippen LogP) is 5.38. The molecule has 1 radical (unpaired) electrons. The second-order valence-corrected chi connectivity index (χ2v) is 5.84. The number of carbonyl (C=O) groups excluding carboxylic acids is 1. The third kappa shape index (κ3) is 4.34. The van der Waals surface area contributed by atoms with E-state index in [2.05, 4.69) is 47.4 Å². The SMILES string of the molecule is CC(=O)/C=C(/C)O.[Ir].[c-]1cccc2ccc3ccc4cccnc4c3c12. The van der Waals surface area contributed by atoms with Gasteiger partial charge in [0.05, 0.1) is 5.76 Å². The van der Waals surface area contributed by atoms with Gasteiger partial charge >= 0.3 is 0 Å². The van der Waals surface area contributed by atoms with E-state index in [9.17, 15) is 4.79 Å². The molecule has 3 nitrogen and oxygen atoms in total. The summed E-state index contributed by atoms with van der Waals surface area (Å²) in [6, 6.07) is 22.1. The Morgan fingerprint density at radius 1 is 1.00 bits per heavy atom. The maximum atomic E-state index is 10.0. The van der Waals surface area contributed by atoms with Crippen LogP contribution in [0.2, 0.25) is 0 Å². The molecule has 4 rings (SSSR count). The van der Waals surface area contributed by atoms with E-state index < -0.39 is 0 Å². The Bertz CT molecular complexity index is 1030. The number of hydrogen-bond acceptors (Lipinski definition) is 3. The molecule has 0 bridgehead atoms. The summed E-state index contributed by atoms with van der Waals surface area (Å²) >= 11 is 0. The Hall–Kier alpha value is -2.55. The van der Waals surface area contributed by atoms with Crippen molar-refractivity contribution in [3.63, 3.8) is 0 Å². The van der Waals surface area contributed by atoms with Crippen molar-refractivity contribution in [3.8, 4) is 0 Å². The summed E-state index contributed by atoms with van der Waals surface area (Å²) in [7, 11) is 0. The van der Waals surface area contributed by atoms with Crippen LogP contribution in [-0.2, 0) is 24.9 Å². The normalized spacial score (nSPS) is 10.9. The van der Waals surface area contributed by atoms with Crippen LogP contribution in [0.25, 0.3) is 32.4 Å². The maximum Gasteiger partial charge on any atom is 0.155 e. The monoisotopic (exact) mass is 521 g/mol. The van der Waals surface area contributed by atoms with Gasteiger partial charge in [0.2, 0.25) is 0 Å². The molecule has 4 heteroatoms. The van der Waals surface area contributed by atoms with Gasteiger partial charge in [-0.3, -0.25) is 9.78 Å². The molecule has 0 saturated heterocycles. The number of rotatable bonds is 1. The molecule has 4 aromatic rings. The van der Waals surface area contributed by atoms with E-state index in [0.717, 1.165) is 10.9 Å². The van der Waals surface area contributed by atoms with Gasteiger partial charge in [-0.05, 0) is 25.3 Å². The number of pyridine rings is 1. The van der Waals surface area contributed by atoms with Crippen LogP contribution in [0.5, 0.6) is 0 Å². The maximum absolute atomic E-state index is 10.0. The molecule has 0 amide bonds. The van der Waals surface area contributed by atoms with E-state index in [1.165, 1.54) is 41.5 Å². The average Bonchev–Trinajstić information content (AvgIpc) is 2.60. The molecule has 3 aromatic carbocycles. The molecule has 0 aliphatic carbocycles. The molecule has 1 N–H and O–H groups in total. The largest absolute Gasteiger partial charge is 0.512 e. The van der Waals surface area contributed by atoms with Crippen molar-refractivity contribution in [1.82, 2.24) is 4.98 Å². The average molecular weight is 521 g/mol. The number of ketones is 1. The van der Waals surface area contributed by atoms with Crippen LogP contribution in [0, 0.1) is 6.07 Å². The Morgan fingerprint density at radius 2 is 1.65 bits per heavy atom. The molecule has 0 aliphatic rings. The number of allylic oxidation sites excluding steroid dienone is 2. The second kappa shape index (κ2) is 8.70. The first-order chi connectivity index (χ1) is 12.1. The fourth-order valence-electron chi connectivity index (χ4n) is 2.84. The van der Waals surface area contributed by atoms with Gasteiger partial charge in [0.15, 0.2) is 5.78 Å². The summed E-state index contributed by atoms with van der Waals surface area (Å²) in [6.45, 7) is 2.85. The van der Waals surface area contributed by atoms with Crippen molar-refractivity contribution in [2.45, 2.75) is 13.8 Å². The van der Waals surface area contributed by atoms with E-state index in [1.54, 1.807) is 0 Å². The molecule has 1 heterocycles. The minimum absolute atomic E-state index is 0. The van der Waals surface area contributed by atoms with Gasteiger partial charge < -0.3 is 5.11 Å². The number of nitrogens with zero attached hydrogens (tertiary/aromatic N) is 1.